The molecule has 0 atom stereocenters. The minimum absolute atomic E-state index is 0.0109. The lowest BCUT2D eigenvalue weighted by atomic mass is 9.77. The van der Waals surface area contributed by atoms with Crippen LogP contribution in [0.25, 0.3) is 0 Å². The van der Waals surface area contributed by atoms with Gasteiger partial charge in [0.15, 0.2) is 11.6 Å². The third-order valence-electron chi connectivity index (χ3n) is 5.90. The molecule has 0 spiro atoms. The Bertz CT molecular complexity index is 774. The van der Waals surface area contributed by atoms with Crippen LogP contribution in [0.3, 0.4) is 0 Å². The fraction of sp³-hybridized carbons (Fsp3) is 0.480. The van der Waals surface area contributed by atoms with Crippen molar-refractivity contribution in [3.8, 4) is 5.75 Å². The number of ether oxygens (including phenoxy) is 1. The van der Waals surface area contributed by atoms with Gasteiger partial charge in [-0.2, -0.15) is 0 Å². The summed E-state index contributed by atoms with van der Waals surface area (Å²) in [7, 11) is 0. The zero-order valence-corrected chi connectivity index (χ0v) is 17.0. The Labute approximate surface area is 168 Å². The maximum atomic E-state index is 14.2. The molecule has 0 bridgehead atoms. The first-order chi connectivity index (χ1) is 13.6. The summed E-state index contributed by atoms with van der Waals surface area (Å²) < 4.78 is 19.4. The van der Waals surface area contributed by atoms with E-state index in [4.69, 9.17) is 4.74 Å². The zero-order chi connectivity index (χ0) is 19.9. The summed E-state index contributed by atoms with van der Waals surface area (Å²) in [5, 5.41) is 0. The van der Waals surface area contributed by atoms with Crippen molar-refractivity contribution in [1.29, 1.82) is 0 Å². The van der Waals surface area contributed by atoms with Crippen LogP contribution in [-0.4, -0.2) is 5.97 Å². The van der Waals surface area contributed by atoms with Gasteiger partial charge >= 0.3 is 5.97 Å². The Morgan fingerprint density at radius 3 is 2.32 bits per heavy atom. The minimum Gasteiger partial charge on any atom is -0.420 e. The Morgan fingerprint density at radius 2 is 1.71 bits per heavy atom. The average molecular weight is 383 g/mol. The molecule has 0 unspecified atom stereocenters. The first kappa shape index (κ1) is 20.6. The van der Waals surface area contributed by atoms with E-state index < -0.39 is 11.8 Å². The summed E-state index contributed by atoms with van der Waals surface area (Å²) in [5.41, 5.74) is 2.67. The molecule has 0 aliphatic heterocycles. The highest BCUT2D eigenvalue weighted by Gasteiger charge is 2.22. The van der Waals surface area contributed by atoms with Crippen LogP contribution in [0.15, 0.2) is 42.5 Å². The monoisotopic (exact) mass is 382 g/mol. The van der Waals surface area contributed by atoms with Crippen molar-refractivity contribution >= 4 is 5.97 Å². The molecule has 0 aromatic heterocycles. The van der Waals surface area contributed by atoms with Crippen molar-refractivity contribution in [2.45, 2.75) is 71.1 Å². The molecule has 0 radical (unpaired) electrons. The zero-order valence-electron chi connectivity index (χ0n) is 17.0. The van der Waals surface area contributed by atoms with Crippen LogP contribution in [0.2, 0.25) is 0 Å². The molecule has 1 saturated carbocycles. The highest BCUT2D eigenvalue weighted by Crippen LogP contribution is 2.37. The Morgan fingerprint density at radius 1 is 1.00 bits per heavy atom. The second-order valence-electron chi connectivity index (χ2n) is 8.03. The summed E-state index contributed by atoms with van der Waals surface area (Å²) in [5.74, 6) is 0.458. The molecule has 0 amide bonds. The second kappa shape index (κ2) is 9.86. The molecule has 150 valence electrons. The third kappa shape index (κ3) is 5.21. The van der Waals surface area contributed by atoms with Crippen LogP contribution in [0, 0.1) is 11.7 Å². The van der Waals surface area contributed by atoms with E-state index >= 15 is 0 Å². The SMILES string of the molecule is CCCc1ccc(OC(=O)c2ccc(C3CCC(CCC)CC3)cc2)c(F)c1. The number of halogens is 1. The van der Waals surface area contributed by atoms with Gasteiger partial charge < -0.3 is 4.74 Å². The predicted octanol–water partition coefficient (Wildman–Crippen LogP) is 7.07. The highest BCUT2D eigenvalue weighted by atomic mass is 19.1. The molecule has 1 aliphatic carbocycles. The lowest BCUT2D eigenvalue weighted by Gasteiger charge is -2.28. The summed E-state index contributed by atoms with van der Waals surface area (Å²) in [6.07, 6.45) is 9.43. The second-order valence-corrected chi connectivity index (χ2v) is 8.03. The number of benzene rings is 2. The molecule has 1 fully saturated rings. The van der Waals surface area contributed by atoms with Gasteiger partial charge in [0.2, 0.25) is 0 Å². The van der Waals surface area contributed by atoms with E-state index in [1.807, 2.05) is 25.1 Å². The van der Waals surface area contributed by atoms with Crippen molar-refractivity contribution in [2.24, 2.45) is 5.92 Å². The van der Waals surface area contributed by atoms with Gasteiger partial charge in [0.1, 0.15) is 0 Å². The van der Waals surface area contributed by atoms with Crippen LogP contribution in [0.5, 0.6) is 5.75 Å². The van der Waals surface area contributed by atoms with E-state index in [0.717, 1.165) is 24.3 Å². The van der Waals surface area contributed by atoms with Crippen molar-refractivity contribution in [2.75, 3.05) is 0 Å². The minimum atomic E-state index is -0.514. The van der Waals surface area contributed by atoms with Crippen LogP contribution >= 0.6 is 0 Å². The topological polar surface area (TPSA) is 26.3 Å². The van der Waals surface area contributed by atoms with Gasteiger partial charge in [0, 0.05) is 0 Å². The Balaban J connectivity index is 1.60. The maximum Gasteiger partial charge on any atom is 0.343 e. The third-order valence-corrected chi connectivity index (χ3v) is 5.90. The average Bonchev–Trinajstić information content (AvgIpc) is 2.71. The normalized spacial score (nSPS) is 19.4. The summed E-state index contributed by atoms with van der Waals surface area (Å²) in [6, 6.07) is 12.5. The molecule has 0 heterocycles. The number of carbonyl (C=O) groups is 1. The van der Waals surface area contributed by atoms with Gasteiger partial charge in [0.05, 0.1) is 5.56 Å². The van der Waals surface area contributed by atoms with Gasteiger partial charge in [-0.25, -0.2) is 9.18 Å². The van der Waals surface area contributed by atoms with Gasteiger partial charge in [-0.15, -0.1) is 0 Å². The highest BCUT2D eigenvalue weighted by molar-refractivity contribution is 5.91. The first-order valence-corrected chi connectivity index (χ1v) is 10.7. The predicted molar refractivity (Wildman–Crippen MR) is 111 cm³/mol. The molecular weight excluding hydrogens is 351 g/mol. The lowest BCUT2D eigenvalue weighted by Crippen LogP contribution is -2.14. The lowest BCUT2D eigenvalue weighted by molar-refractivity contribution is 0.0727. The molecule has 28 heavy (non-hydrogen) atoms. The number of esters is 1. The number of hydrogen-bond acceptors (Lipinski definition) is 2. The summed E-state index contributed by atoms with van der Waals surface area (Å²) in [6.45, 7) is 4.31. The quantitative estimate of drug-likeness (QED) is 0.378. The first-order valence-electron chi connectivity index (χ1n) is 10.7. The van der Waals surface area contributed by atoms with Crippen molar-refractivity contribution in [3.05, 3.63) is 65.0 Å². The molecule has 3 rings (SSSR count). The number of rotatable bonds is 7. The van der Waals surface area contributed by atoms with Crippen molar-refractivity contribution < 1.29 is 13.9 Å². The van der Waals surface area contributed by atoms with Crippen molar-refractivity contribution in [3.63, 3.8) is 0 Å². The Kier molecular flexibility index (Phi) is 7.24. The maximum absolute atomic E-state index is 14.2. The molecule has 0 saturated heterocycles. The van der Waals surface area contributed by atoms with Gasteiger partial charge in [-0.05, 0) is 79.3 Å². The Hall–Kier alpha value is -2.16. The van der Waals surface area contributed by atoms with E-state index in [0.29, 0.717) is 11.5 Å². The van der Waals surface area contributed by atoms with Crippen LogP contribution in [-0.2, 0) is 6.42 Å². The number of aryl methyl sites for hydroxylation is 1. The van der Waals surface area contributed by atoms with E-state index in [2.05, 4.69) is 6.92 Å². The van der Waals surface area contributed by atoms with E-state index in [1.165, 1.54) is 50.2 Å². The summed E-state index contributed by atoms with van der Waals surface area (Å²) in [4.78, 5) is 12.4. The van der Waals surface area contributed by atoms with E-state index in [9.17, 15) is 9.18 Å². The molecule has 2 nitrogen and oxygen atoms in total. The number of hydrogen-bond donors (Lipinski definition) is 0. The van der Waals surface area contributed by atoms with Gasteiger partial charge in [-0.1, -0.05) is 51.3 Å². The van der Waals surface area contributed by atoms with Crippen LogP contribution in [0.1, 0.15) is 86.2 Å². The van der Waals surface area contributed by atoms with Crippen LogP contribution < -0.4 is 4.74 Å². The molecule has 2 aromatic rings. The van der Waals surface area contributed by atoms with E-state index in [1.54, 1.807) is 18.2 Å². The smallest absolute Gasteiger partial charge is 0.343 e. The fourth-order valence-electron chi connectivity index (χ4n) is 4.31. The molecule has 0 N–H and O–H groups in total. The van der Waals surface area contributed by atoms with Crippen molar-refractivity contribution in [1.82, 2.24) is 0 Å². The number of carbonyl (C=O) groups excluding carboxylic acids is 1. The fourth-order valence-corrected chi connectivity index (χ4v) is 4.31. The summed E-state index contributed by atoms with van der Waals surface area (Å²) >= 11 is 0. The molecule has 1 aliphatic rings. The van der Waals surface area contributed by atoms with Gasteiger partial charge in [-0.3, -0.25) is 0 Å². The van der Waals surface area contributed by atoms with E-state index in [-0.39, 0.29) is 5.75 Å². The standard InChI is InChI=1S/C25H31FO2/c1-3-5-18-7-10-20(11-8-18)21-12-14-22(15-13-21)25(27)28-24-16-9-19(6-4-2)17-23(24)26/h9,12-18,20H,3-8,10-11H2,1-2H3. The largest absolute Gasteiger partial charge is 0.420 e. The van der Waals surface area contributed by atoms with Crippen LogP contribution in [0.4, 0.5) is 4.39 Å². The molecule has 2 aromatic carbocycles. The van der Waals surface area contributed by atoms with Gasteiger partial charge in [0.25, 0.3) is 0 Å². The molecule has 3 heteroatoms. The molecular formula is C25H31FO2.